The lowest BCUT2D eigenvalue weighted by atomic mass is 10.1. The SMILES string of the molecule is Oc1c(O)c(O)c2c(c1O)c1c(O)c(Br)c(O)c(O)c1n2-c1ccc(-c2ccc(F)cc2)cc1. The highest BCUT2D eigenvalue weighted by atomic mass is 79.9. The van der Waals surface area contributed by atoms with Crippen LogP contribution in [0.2, 0.25) is 0 Å². The number of aromatic hydroxyl groups is 7. The van der Waals surface area contributed by atoms with Gasteiger partial charge in [0.05, 0.1) is 10.8 Å². The molecule has 0 fully saturated rings. The molecule has 34 heavy (non-hydrogen) atoms. The van der Waals surface area contributed by atoms with Crippen molar-refractivity contribution in [2.24, 2.45) is 0 Å². The molecule has 4 aromatic carbocycles. The minimum atomic E-state index is -1.03. The molecule has 8 nitrogen and oxygen atoms in total. The van der Waals surface area contributed by atoms with Crippen molar-refractivity contribution >= 4 is 37.7 Å². The third-order valence-electron chi connectivity index (χ3n) is 5.71. The molecule has 0 spiro atoms. The second kappa shape index (κ2) is 7.35. The lowest BCUT2D eigenvalue weighted by Crippen LogP contribution is -1.95. The Morgan fingerprint density at radius 2 is 0.971 bits per heavy atom. The van der Waals surface area contributed by atoms with Crippen LogP contribution in [0.1, 0.15) is 0 Å². The summed E-state index contributed by atoms with van der Waals surface area (Å²) in [5.41, 5.74) is 1.27. The summed E-state index contributed by atoms with van der Waals surface area (Å²) < 4.78 is 14.2. The first-order chi connectivity index (χ1) is 16.1. The molecule has 0 saturated carbocycles. The monoisotopic (exact) mass is 527 g/mol. The molecule has 0 aliphatic heterocycles. The van der Waals surface area contributed by atoms with E-state index in [-0.39, 0.29) is 32.1 Å². The number of nitrogens with zero attached hydrogens (tertiary/aromatic N) is 1. The molecular weight excluding hydrogens is 513 g/mol. The predicted octanol–water partition coefficient (Wildman–Crippen LogP) is 5.29. The molecular formula is C24H15BrFNO7. The predicted molar refractivity (Wildman–Crippen MR) is 126 cm³/mol. The van der Waals surface area contributed by atoms with E-state index < -0.39 is 40.2 Å². The van der Waals surface area contributed by atoms with Gasteiger partial charge in [-0.15, -0.1) is 0 Å². The van der Waals surface area contributed by atoms with Gasteiger partial charge in [-0.3, -0.25) is 0 Å². The zero-order valence-corrected chi connectivity index (χ0v) is 18.5. The molecule has 0 atom stereocenters. The molecule has 10 heteroatoms. The molecule has 7 N–H and O–H groups in total. The first-order valence-electron chi connectivity index (χ1n) is 9.76. The molecule has 0 bridgehead atoms. The summed E-state index contributed by atoms with van der Waals surface area (Å²) in [7, 11) is 0. The Bertz CT molecular complexity index is 1550. The van der Waals surface area contributed by atoms with Crippen LogP contribution in [0.25, 0.3) is 38.6 Å². The zero-order valence-electron chi connectivity index (χ0n) is 17.0. The van der Waals surface area contributed by atoms with Crippen molar-refractivity contribution in [1.29, 1.82) is 0 Å². The lowest BCUT2D eigenvalue weighted by molar-refractivity contribution is 0.350. The summed E-state index contributed by atoms with van der Waals surface area (Å²) in [6, 6.07) is 12.3. The van der Waals surface area contributed by atoms with Crippen LogP contribution in [-0.2, 0) is 0 Å². The Hall–Kier alpha value is -4.31. The lowest BCUT2D eigenvalue weighted by Gasteiger charge is -2.13. The Kier molecular flexibility index (Phi) is 4.66. The van der Waals surface area contributed by atoms with E-state index in [1.807, 2.05) is 0 Å². The van der Waals surface area contributed by atoms with Crippen LogP contribution in [0.15, 0.2) is 53.0 Å². The maximum Gasteiger partial charge on any atom is 0.206 e. The maximum absolute atomic E-state index is 13.3. The molecule has 0 unspecified atom stereocenters. The van der Waals surface area contributed by atoms with Crippen LogP contribution in [-0.4, -0.2) is 40.3 Å². The van der Waals surface area contributed by atoms with Gasteiger partial charge >= 0.3 is 0 Å². The molecule has 5 aromatic rings. The van der Waals surface area contributed by atoms with Gasteiger partial charge in [-0.05, 0) is 51.3 Å². The van der Waals surface area contributed by atoms with Gasteiger partial charge in [-0.2, -0.15) is 0 Å². The fourth-order valence-corrected chi connectivity index (χ4v) is 4.46. The number of phenolic OH excluding ortho intramolecular Hbond substituents is 7. The molecule has 0 aliphatic carbocycles. The van der Waals surface area contributed by atoms with E-state index in [1.54, 1.807) is 36.4 Å². The van der Waals surface area contributed by atoms with Gasteiger partial charge in [-0.1, -0.05) is 24.3 Å². The standard InChI is InChI=1S/C24H15BrFNO7/c25-15-18(28)13-14-17(22(32)24(34)23(33)19(14)29)27(16(13)21(31)20(15)30)12-7-3-10(4-8-12)9-1-5-11(26)6-2-9/h1-8,28-34H. The average Bonchev–Trinajstić information content (AvgIpc) is 3.20. The number of phenols is 7. The first kappa shape index (κ1) is 21.5. The highest BCUT2D eigenvalue weighted by Crippen LogP contribution is 2.58. The van der Waals surface area contributed by atoms with Crippen LogP contribution >= 0.6 is 15.9 Å². The van der Waals surface area contributed by atoms with E-state index in [0.29, 0.717) is 5.69 Å². The Morgan fingerprint density at radius 3 is 1.53 bits per heavy atom. The smallest absolute Gasteiger partial charge is 0.206 e. The molecule has 0 aliphatic rings. The van der Waals surface area contributed by atoms with Crippen LogP contribution in [0.4, 0.5) is 4.39 Å². The fourth-order valence-electron chi connectivity index (χ4n) is 4.08. The summed E-state index contributed by atoms with van der Waals surface area (Å²) in [6.45, 7) is 0. The van der Waals surface area contributed by atoms with E-state index in [4.69, 9.17) is 0 Å². The minimum absolute atomic E-state index is 0.206. The minimum Gasteiger partial charge on any atom is -0.506 e. The van der Waals surface area contributed by atoms with E-state index in [9.17, 15) is 40.1 Å². The van der Waals surface area contributed by atoms with Crippen LogP contribution in [0.5, 0.6) is 40.2 Å². The number of hydrogen-bond acceptors (Lipinski definition) is 7. The molecule has 1 aromatic heterocycles. The number of benzene rings is 4. The molecule has 1 heterocycles. The highest BCUT2D eigenvalue weighted by Gasteiger charge is 2.31. The number of fused-ring (bicyclic) bond motifs is 3. The quantitative estimate of drug-likeness (QED) is 0.122. The molecule has 0 saturated heterocycles. The van der Waals surface area contributed by atoms with Gasteiger partial charge < -0.3 is 40.3 Å². The van der Waals surface area contributed by atoms with Crippen molar-refractivity contribution in [1.82, 2.24) is 4.57 Å². The first-order valence-corrected chi connectivity index (χ1v) is 10.5. The van der Waals surface area contributed by atoms with Gasteiger partial charge in [0.25, 0.3) is 0 Å². The van der Waals surface area contributed by atoms with Crippen LogP contribution < -0.4 is 0 Å². The van der Waals surface area contributed by atoms with Crippen molar-refractivity contribution in [2.75, 3.05) is 0 Å². The van der Waals surface area contributed by atoms with Gasteiger partial charge in [0, 0.05) is 5.69 Å². The zero-order chi connectivity index (χ0) is 24.5. The van der Waals surface area contributed by atoms with Crippen molar-refractivity contribution in [3.05, 3.63) is 58.8 Å². The number of halogens is 2. The van der Waals surface area contributed by atoms with Crippen LogP contribution in [0.3, 0.4) is 0 Å². The van der Waals surface area contributed by atoms with Crippen molar-refractivity contribution in [2.45, 2.75) is 0 Å². The van der Waals surface area contributed by atoms with Crippen molar-refractivity contribution in [3.63, 3.8) is 0 Å². The topological polar surface area (TPSA) is 147 Å². The third kappa shape index (κ3) is 2.82. The van der Waals surface area contributed by atoms with Crippen molar-refractivity contribution in [3.8, 4) is 57.1 Å². The van der Waals surface area contributed by atoms with Gasteiger partial charge in [0.1, 0.15) is 27.1 Å². The summed E-state index contributed by atoms with van der Waals surface area (Å²) >= 11 is 2.97. The Labute approximate surface area is 198 Å². The highest BCUT2D eigenvalue weighted by molar-refractivity contribution is 9.10. The summed E-state index contributed by atoms with van der Waals surface area (Å²) in [5.74, 6) is -6.11. The van der Waals surface area contributed by atoms with Crippen LogP contribution in [0, 0.1) is 5.82 Å². The van der Waals surface area contributed by atoms with Crippen molar-refractivity contribution < 1.29 is 40.1 Å². The molecule has 5 rings (SSSR count). The maximum atomic E-state index is 13.3. The fraction of sp³-hybridized carbons (Fsp3) is 0. The van der Waals surface area contributed by atoms with E-state index in [0.717, 1.165) is 11.1 Å². The van der Waals surface area contributed by atoms with Gasteiger partial charge in [0.15, 0.2) is 23.0 Å². The third-order valence-corrected chi connectivity index (χ3v) is 6.46. The average molecular weight is 528 g/mol. The summed E-state index contributed by atoms with van der Waals surface area (Å²) in [5, 5.41) is 72.8. The largest absolute Gasteiger partial charge is 0.506 e. The Balaban J connectivity index is 1.91. The van der Waals surface area contributed by atoms with E-state index in [2.05, 4.69) is 15.9 Å². The number of hydrogen-bond donors (Lipinski definition) is 7. The normalized spacial score (nSPS) is 11.5. The second-order valence-corrected chi connectivity index (χ2v) is 8.38. The number of rotatable bonds is 2. The molecule has 0 radical (unpaired) electrons. The van der Waals surface area contributed by atoms with E-state index in [1.165, 1.54) is 16.7 Å². The van der Waals surface area contributed by atoms with Gasteiger partial charge in [-0.25, -0.2) is 4.39 Å². The molecule has 0 amide bonds. The van der Waals surface area contributed by atoms with E-state index >= 15 is 0 Å². The summed E-state index contributed by atoms with van der Waals surface area (Å²) in [4.78, 5) is 0. The Morgan fingerprint density at radius 1 is 0.529 bits per heavy atom. The summed E-state index contributed by atoms with van der Waals surface area (Å²) in [6.07, 6.45) is 0. The molecule has 172 valence electrons. The second-order valence-electron chi connectivity index (χ2n) is 7.59. The van der Waals surface area contributed by atoms with Gasteiger partial charge in [0.2, 0.25) is 11.5 Å². The number of aromatic nitrogens is 1.